The highest BCUT2D eigenvalue weighted by Crippen LogP contribution is 2.29. The highest BCUT2D eigenvalue weighted by Gasteiger charge is 2.32. The highest BCUT2D eigenvalue weighted by atomic mass is 19.4. The largest absolute Gasteiger partial charge is 0.573 e. The van der Waals surface area contributed by atoms with Crippen LogP contribution in [0, 0.1) is 6.92 Å². The SMILES string of the molecule is [CH2]c1cccc(CC)c1OC(F)(F)F. The van der Waals surface area contributed by atoms with Crippen LogP contribution in [0.1, 0.15) is 18.1 Å². The molecule has 0 amide bonds. The van der Waals surface area contributed by atoms with E-state index in [-0.39, 0.29) is 11.3 Å². The van der Waals surface area contributed by atoms with E-state index in [1.807, 2.05) is 0 Å². The monoisotopic (exact) mass is 203 g/mol. The van der Waals surface area contributed by atoms with Gasteiger partial charge in [-0.25, -0.2) is 0 Å². The van der Waals surface area contributed by atoms with Crippen LogP contribution in [0.2, 0.25) is 0 Å². The number of benzene rings is 1. The smallest absolute Gasteiger partial charge is 0.405 e. The number of hydrogen-bond donors (Lipinski definition) is 0. The molecule has 0 heterocycles. The van der Waals surface area contributed by atoms with E-state index in [9.17, 15) is 13.2 Å². The molecule has 0 atom stereocenters. The lowest BCUT2D eigenvalue weighted by molar-refractivity contribution is -0.275. The Hall–Kier alpha value is -1.19. The fraction of sp³-hybridized carbons (Fsp3) is 0.300. The summed E-state index contributed by atoms with van der Waals surface area (Å²) < 4.78 is 39.9. The maximum absolute atomic E-state index is 12.0. The van der Waals surface area contributed by atoms with Gasteiger partial charge in [-0.2, -0.15) is 0 Å². The average molecular weight is 203 g/mol. The number of hydrogen-bond acceptors (Lipinski definition) is 1. The molecule has 0 aliphatic rings. The fourth-order valence-electron chi connectivity index (χ4n) is 1.16. The van der Waals surface area contributed by atoms with Crippen LogP contribution in [0.25, 0.3) is 0 Å². The van der Waals surface area contributed by atoms with Gasteiger partial charge in [-0.05, 0) is 24.5 Å². The van der Waals surface area contributed by atoms with E-state index >= 15 is 0 Å². The van der Waals surface area contributed by atoms with Crippen molar-refractivity contribution in [1.29, 1.82) is 0 Å². The standard InChI is InChI=1S/C10H10F3O/c1-3-8-6-4-5-7(2)9(8)14-10(11,12)13/h4-6H,2-3H2,1H3. The molecule has 0 saturated heterocycles. The van der Waals surface area contributed by atoms with Crippen LogP contribution in [0.4, 0.5) is 13.2 Å². The van der Waals surface area contributed by atoms with E-state index in [0.717, 1.165) is 0 Å². The van der Waals surface area contributed by atoms with Gasteiger partial charge in [-0.1, -0.05) is 25.1 Å². The van der Waals surface area contributed by atoms with Gasteiger partial charge in [0.05, 0.1) is 0 Å². The molecule has 0 fully saturated rings. The normalized spacial score (nSPS) is 11.5. The minimum absolute atomic E-state index is 0.178. The zero-order valence-electron chi connectivity index (χ0n) is 7.69. The molecule has 1 radical (unpaired) electrons. The van der Waals surface area contributed by atoms with Gasteiger partial charge >= 0.3 is 6.36 Å². The Morgan fingerprint density at radius 1 is 1.36 bits per heavy atom. The van der Waals surface area contributed by atoms with Crippen LogP contribution in [0.3, 0.4) is 0 Å². The second kappa shape index (κ2) is 3.90. The molecule has 14 heavy (non-hydrogen) atoms. The van der Waals surface area contributed by atoms with Crippen molar-refractivity contribution in [3.05, 3.63) is 36.2 Å². The Morgan fingerprint density at radius 2 is 2.00 bits per heavy atom. The highest BCUT2D eigenvalue weighted by molar-refractivity contribution is 5.43. The van der Waals surface area contributed by atoms with Crippen molar-refractivity contribution in [2.45, 2.75) is 19.7 Å². The third-order valence-electron chi connectivity index (χ3n) is 1.78. The quantitative estimate of drug-likeness (QED) is 0.716. The van der Waals surface area contributed by atoms with E-state index in [1.165, 1.54) is 6.07 Å². The molecule has 0 bridgehead atoms. The molecule has 0 unspecified atom stereocenters. The second-order valence-corrected chi connectivity index (χ2v) is 2.81. The minimum Gasteiger partial charge on any atom is -0.405 e. The van der Waals surface area contributed by atoms with Crippen LogP contribution in [-0.2, 0) is 6.42 Å². The predicted octanol–water partition coefficient (Wildman–Crippen LogP) is 3.33. The van der Waals surface area contributed by atoms with E-state index < -0.39 is 6.36 Å². The number of halogens is 3. The Morgan fingerprint density at radius 3 is 2.50 bits per heavy atom. The van der Waals surface area contributed by atoms with E-state index in [1.54, 1.807) is 19.1 Å². The molecular formula is C10H10F3O. The van der Waals surface area contributed by atoms with Crippen molar-refractivity contribution in [1.82, 2.24) is 0 Å². The molecule has 1 rings (SSSR count). The molecule has 1 nitrogen and oxygen atoms in total. The molecule has 77 valence electrons. The topological polar surface area (TPSA) is 9.23 Å². The Balaban J connectivity index is 3.05. The van der Waals surface area contributed by atoms with Gasteiger partial charge in [0.15, 0.2) is 0 Å². The third kappa shape index (κ3) is 2.65. The maximum Gasteiger partial charge on any atom is 0.573 e. The summed E-state index contributed by atoms with van der Waals surface area (Å²) in [5, 5.41) is 0. The van der Waals surface area contributed by atoms with Crippen molar-refractivity contribution in [3.8, 4) is 5.75 Å². The number of para-hydroxylation sites is 1. The summed E-state index contributed by atoms with van der Waals surface area (Å²) in [5.41, 5.74) is 0.761. The van der Waals surface area contributed by atoms with Gasteiger partial charge in [0.25, 0.3) is 0 Å². The fourth-order valence-corrected chi connectivity index (χ4v) is 1.16. The molecule has 0 N–H and O–H groups in total. The van der Waals surface area contributed by atoms with Gasteiger partial charge in [0.2, 0.25) is 0 Å². The molecular weight excluding hydrogens is 193 g/mol. The number of ether oxygens (including phenoxy) is 1. The summed E-state index contributed by atoms with van der Waals surface area (Å²) in [4.78, 5) is 0. The first kappa shape index (κ1) is 10.9. The van der Waals surface area contributed by atoms with Crippen molar-refractivity contribution in [2.24, 2.45) is 0 Å². The number of alkyl halides is 3. The Labute approximate surface area is 80.5 Å². The Kier molecular flexibility index (Phi) is 3.03. The first-order valence-electron chi connectivity index (χ1n) is 4.13. The number of aryl methyl sites for hydroxylation is 1. The molecule has 0 aromatic heterocycles. The van der Waals surface area contributed by atoms with Gasteiger partial charge < -0.3 is 4.74 Å². The summed E-state index contributed by atoms with van der Waals surface area (Å²) in [6.07, 6.45) is -4.17. The summed E-state index contributed by atoms with van der Waals surface area (Å²) >= 11 is 0. The first-order valence-corrected chi connectivity index (χ1v) is 4.13. The van der Waals surface area contributed by atoms with Gasteiger partial charge in [-0.15, -0.1) is 13.2 Å². The van der Waals surface area contributed by atoms with E-state index in [4.69, 9.17) is 0 Å². The van der Waals surface area contributed by atoms with Crippen molar-refractivity contribution in [2.75, 3.05) is 0 Å². The molecule has 0 aliphatic heterocycles. The van der Waals surface area contributed by atoms with Crippen LogP contribution in [0.5, 0.6) is 5.75 Å². The van der Waals surface area contributed by atoms with E-state index in [0.29, 0.717) is 12.0 Å². The summed E-state index contributed by atoms with van der Waals surface area (Å²) in [6, 6.07) is 4.74. The lowest BCUT2D eigenvalue weighted by Gasteiger charge is -2.14. The molecule has 4 heteroatoms. The maximum atomic E-state index is 12.0. The van der Waals surface area contributed by atoms with Crippen molar-refractivity contribution < 1.29 is 17.9 Å². The molecule has 0 aliphatic carbocycles. The summed E-state index contributed by atoms with van der Waals surface area (Å²) in [6.45, 7) is 5.25. The zero-order valence-corrected chi connectivity index (χ0v) is 7.69. The second-order valence-electron chi connectivity index (χ2n) is 2.81. The average Bonchev–Trinajstić information content (AvgIpc) is 2.06. The van der Waals surface area contributed by atoms with Crippen LogP contribution < -0.4 is 4.74 Å². The van der Waals surface area contributed by atoms with Gasteiger partial charge in [0, 0.05) is 0 Å². The summed E-state index contributed by atoms with van der Waals surface area (Å²) in [7, 11) is 0. The molecule has 1 aromatic rings. The van der Waals surface area contributed by atoms with Crippen LogP contribution in [0.15, 0.2) is 18.2 Å². The van der Waals surface area contributed by atoms with Crippen LogP contribution >= 0.6 is 0 Å². The predicted molar refractivity (Wildman–Crippen MR) is 47.0 cm³/mol. The van der Waals surface area contributed by atoms with Crippen LogP contribution in [-0.4, -0.2) is 6.36 Å². The van der Waals surface area contributed by atoms with Gasteiger partial charge in [-0.3, -0.25) is 0 Å². The van der Waals surface area contributed by atoms with Crippen molar-refractivity contribution >= 4 is 0 Å². The first-order chi connectivity index (χ1) is 6.44. The molecule has 1 aromatic carbocycles. The van der Waals surface area contributed by atoms with Gasteiger partial charge in [0.1, 0.15) is 5.75 Å². The molecule has 0 saturated carbocycles. The zero-order chi connectivity index (χ0) is 10.8. The summed E-state index contributed by atoms with van der Waals surface area (Å²) in [5.74, 6) is -0.178. The van der Waals surface area contributed by atoms with E-state index in [2.05, 4.69) is 11.7 Å². The Bertz CT molecular complexity index is 318. The lowest BCUT2D eigenvalue weighted by atomic mass is 10.1. The van der Waals surface area contributed by atoms with Crippen molar-refractivity contribution in [3.63, 3.8) is 0 Å². The lowest BCUT2D eigenvalue weighted by Crippen LogP contribution is -2.18. The number of rotatable bonds is 2. The molecule has 0 spiro atoms. The minimum atomic E-state index is -4.66. The third-order valence-corrected chi connectivity index (χ3v) is 1.78.